The average Bonchev–Trinajstić information content (AvgIpc) is 3.38. The van der Waals surface area contributed by atoms with E-state index >= 15 is 0 Å². The van der Waals surface area contributed by atoms with Crippen molar-refractivity contribution in [1.82, 2.24) is 19.6 Å². The van der Waals surface area contributed by atoms with Gasteiger partial charge in [-0.3, -0.25) is 9.20 Å². The molecule has 6 rings (SSSR count). The smallest absolute Gasteiger partial charge is 0.204 e. The first kappa shape index (κ1) is 21.3. The number of rotatable bonds is 4. The number of hydrogen-bond donors (Lipinski definition) is 0. The fourth-order valence-corrected chi connectivity index (χ4v) is 4.99. The molecule has 7 heteroatoms. The van der Waals surface area contributed by atoms with Crippen LogP contribution in [0.25, 0.3) is 16.7 Å². The minimum absolute atomic E-state index is 0.0149. The normalized spacial score (nSPS) is 16.2. The molecule has 0 spiro atoms. The second-order valence-electron chi connectivity index (χ2n) is 9.19. The van der Waals surface area contributed by atoms with Gasteiger partial charge in [0.1, 0.15) is 6.33 Å². The lowest BCUT2D eigenvalue weighted by molar-refractivity contribution is 0.103. The van der Waals surface area contributed by atoms with E-state index in [9.17, 15) is 4.79 Å². The van der Waals surface area contributed by atoms with Gasteiger partial charge in [-0.2, -0.15) is 0 Å². The van der Waals surface area contributed by atoms with Crippen LogP contribution in [-0.4, -0.2) is 51.0 Å². The Kier molecular flexibility index (Phi) is 5.17. The summed E-state index contributed by atoms with van der Waals surface area (Å²) in [4.78, 5) is 22.7. The van der Waals surface area contributed by atoms with Crippen molar-refractivity contribution >= 4 is 34.0 Å². The van der Waals surface area contributed by atoms with E-state index in [1.54, 1.807) is 6.33 Å². The van der Waals surface area contributed by atoms with Crippen LogP contribution in [0.5, 0.6) is 0 Å². The Morgan fingerprint density at radius 2 is 1.80 bits per heavy atom. The van der Waals surface area contributed by atoms with Crippen LogP contribution >= 0.6 is 0 Å². The van der Waals surface area contributed by atoms with Gasteiger partial charge >= 0.3 is 0 Å². The maximum absolute atomic E-state index is 13.0. The Hall–Kier alpha value is -4.26. The van der Waals surface area contributed by atoms with Crippen LogP contribution < -0.4 is 9.80 Å². The van der Waals surface area contributed by atoms with Gasteiger partial charge < -0.3 is 9.80 Å². The van der Waals surface area contributed by atoms with Gasteiger partial charge in [0.05, 0.1) is 11.0 Å². The molecule has 174 valence electrons. The van der Waals surface area contributed by atoms with E-state index < -0.39 is 0 Å². The highest BCUT2D eigenvalue weighted by molar-refractivity contribution is 6.10. The van der Waals surface area contributed by atoms with Gasteiger partial charge in [-0.05, 0) is 49.7 Å². The quantitative estimate of drug-likeness (QED) is 0.366. The lowest BCUT2D eigenvalue weighted by Crippen LogP contribution is -2.52. The number of benzene rings is 3. The second kappa shape index (κ2) is 8.51. The molecular formula is C28H26N6O. The van der Waals surface area contributed by atoms with Gasteiger partial charge in [0.15, 0.2) is 11.6 Å². The summed E-state index contributed by atoms with van der Waals surface area (Å²) in [5.74, 6) is 0.812. The van der Waals surface area contributed by atoms with Gasteiger partial charge in [-0.1, -0.05) is 42.5 Å². The Morgan fingerprint density at radius 1 is 0.943 bits per heavy atom. The van der Waals surface area contributed by atoms with E-state index in [-0.39, 0.29) is 5.78 Å². The lowest BCUT2D eigenvalue weighted by Gasteiger charge is -2.41. The summed E-state index contributed by atoms with van der Waals surface area (Å²) in [6.07, 6.45) is 1.70. The van der Waals surface area contributed by atoms with Crippen molar-refractivity contribution in [2.75, 3.05) is 29.4 Å². The number of fused-ring (bicyclic) bond motifs is 3. The van der Waals surface area contributed by atoms with Crippen molar-refractivity contribution in [2.24, 2.45) is 0 Å². The molecule has 1 atom stereocenters. The Labute approximate surface area is 203 Å². The predicted molar refractivity (Wildman–Crippen MR) is 138 cm³/mol. The molecule has 2 aromatic heterocycles. The van der Waals surface area contributed by atoms with Crippen LogP contribution in [0.1, 0.15) is 28.4 Å². The number of nitrogens with zero attached hydrogens (tertiary/aromatic N) is 6. The topological polar surface area (TPSA) is 66.6 Å². The zero-order chi connectivity index (χ0) is 23.9. The highest BCUT2D eigenvalue weighted by atomic mass is 16.1. The zero-order valence-electron chi connectivity index (χ0n) is 19.8. The largest absolute Gasteiger partial charge is 0.365 e. The van der Waals surface area contributed by atoms with Crippen molar-refractivity contribution in [3.63, 3.8) is 0 Å². The summed E-state index contributed by atoms with van der Waals surface area (Å²) >= 11 is 0. The highest BCUT2D eigenvalue weighted by Crippen LogP contribution is 2.28. The summed E-state index contributed by atoms with van der Waals surface area (Å²) in [7, 11) is 0. The number of aromatic nitrogens is 4. The average molecular weight is 463 g/mol. The number of hydrogen-bond acceptors (Lipinski definition) is 6. The summed E-state index contributed by atoms with van der Waals surface area (Å²) in [6, 6.07) is 24.0. The van der Waals surface area contributed by atoms with Crippen molar-refractivity contribution in [3.05, 3.63) is 95.8 Å². The van der Waals surface area contributed by atoms with Crippen molar-refractivity contribution in [3.8, 4) is 0 Å². The third-order valence-electron chi connectivity index (χ3n) is 6.77. The van der Waals surface area contributed by atoms with E-state index in [2.05, 4.69) is 58.1 Å². The fraction of sp³-hybridized carbons (Fsp3) is 0.214. The number of carbonyl (C=O) groups excluding carboxylic acids is 1. The standard InChI is InChI=1S/C28H26N6O/c1-19-7-6-10-23(15-19)33-14-13-32(17-20(33)2)27-28-31-29-18-34(28)25-16-22(11-12-24(25)30-27)26(35)21-8-4-3-5-9-21/h3-12,15-16,18,20H,13-14,17H2,1-2H3/t20-/m1/s1. The number of aryl methyl sites for hydroxylation is 1. The Morgan fingerprint density at radius 3 is 2.60 bits per heavy atom. The van der Waals surface area contributed by atoms with Gasteiger partial charge in [0.25, 0.3) is 0 Å². The van der Waals surface area contributed by atoms with Crippen LogP contribution in [0.4, 0.5) is 11.5 Å². The number of piperazine rings is 1. The van der Waals surface area contributed by atoms with Gasteiger partial charge in [0.2, 0.25) is 5.65 Å². The monoisotopic (exact) mass is 462 g/mol. The SMILES string of the molecule is Cc1cccc(N2CCN(c3nc4ccc(C(=O)c5ccccc5)cc4n4cnnc34)C[C@H]2C)c1. The molecule has 0 amide bonds. The van der Waals surface area contributed by atoms with E-state index in [1.165, 1.54) is 11.3 Å². The fourth-order valence-electron chi connectivity index (χ4n) is 4.99. The van der Waals surface area contributed by atoms with Crippen LogP contribution in [0.2, 0.25) is 0 Å². The molecule has 3 heterocycles. The molecule has 35 heavy (non-hydrogen) atoms. The van der Waals surface area contributed by atoms with E-state index in [1.807, 2.05) is 52.9 Å². The molecule has 1 fully saturated rings. The molecule has 5 aromatic rings. The molecule has 0 unspecified atom stereocenters. The van der Waals surface area contributed by atoms with Crippen LogP contribution in [0, 0.1) is 6.92 Å². The number of carbonyl (C=O) groups is 1. The minimum atomic E-state index is -0.0149. The van der Waals surface area contributed by atoms with Crippen LogP contribution in [0.15, 0.2) is 79.1 Å². The predicted octanol–water partition coefficient (Wildman–Crippen LogP) is 4.53. The molecule has 0 radical (unpaired) electrons. The van der Waals surface area contributed by atoms with E-state index in [0.717, 1.165) is 36.5 Å². The zero-order valence-corrected chi connectivity index (χ0v) is 19.8. The molecule has 1 saturated heterocycles. The summed E-state index contributed by atoms with van der Waals surface area (Å²) < 4.78 is 1.94. The van der Waals surface area contributed by atoms with Crippen LogP contribution in [0.3, 0.4) is 0 Å². The van der Waals surface area contributed by atoms with Gasteiger partial charge in [0, 0.05) is 42.5 Å². The molecule has 0 bridgehead atoms. The van der Waals surface area contributed by atoms with Gasteiger partial charge in [-0.25, -0.2) is 4.98 Å². The van der Waals surface area contributed by atoms with Gasteiger partial charge in [-0.15, -0.1) is 10.2 Å². The molecule has 1 aliphatic heterocycles. The molecule has 1 aliphatic rings. The van der Waals surface area contributed by atoms with E-state index in [4.69, 9.17) is 4.98 Å². The summed E-state index contributed by atoms with van der Waals surface area (Å²) in [5.41, 5.74) is 6.15. The molecule has 7 nitrogen and oxygen atoms in total. The van der Waals surface area contributed by atoms with Crippen LogP contribution in [-0.2, 0) is 0 Å². The first-order valence-electron chi connectivity index (χ1n) is 11.9. The van der Waals surface area contributed by atoms with Crippen molar-refractivity contribution in [1.29, 1.82) is 0 Å². The third-order valence-corrected chi connectivity index (χ3v) is 6.77. The third kappa shape index (κ3) is 3.79. The lowest BCUT2D eigenvalue weighted by atomic mass is 10.0. The molecule has 3 aromatic carbocycles. The first-order valence-corrected chi connectivity index (χ1v) is 11.9. The highest BCUT2D eigenvalue weighted by Gasteiger charge is 2.27. The minimum Gasteiger partial charge on any atom is -0.365 e. The van der Waals surface area contributed by atoms with Crippen molar-refractivity contribution in [2.45, 2.75) is 19.9 Å². The van der Waals surface area contributed by atoms with E-state index in [0.29, 0.717) is 22.8 Å². The summed E-state index contributed by atoms with van der Waals surface area (Å²) in [5, 5.41) is 8.58. The molecule has 0 aliphatic carbocycles. The Balaban J connectivity index is 1.34. The maximum atomic E-state index is 13.0. The molecule has 0 saturated carbocycles. The number of anilines is 2. The molecular weight excluding hydrogens is 436 g/mol. The summed E-state index contributed by atoms with van der Waals surface area (Å²) in [6.45, 7) is 6.95. The first-order chi connectivity index (χ1) is 17.1. The Bertz CT molecular complexity index is 1540. The maximum Gasteiger partial charge on any atom is 0.204 e. The second-order valence-corrected chi connectivity index (χ2v) is 9.19. The number of ketones is 1. The molecule has 0 N–H and O–H groups in total. The van der Waals surface area contributed by atoms with Crippen molar-refractivity contribution < 1.29 is 4.79 Å².